The molecule has 2 aromatic carbocycles. The zero-order chi connectivity index (χ0) is 40.9. The Kier molecular flexibility index (Phi) is 11.5. The largest absolute Gasteiger partial charge is 0.494 e. The lowest BCUT2D eigenvalue weighted by Gasteiger charge is -2.56. The highest BCUT2D eigenvalue weighted by molar-refractivity contribution is 9.10. The minimum atomic E-state index is -2.61. The maximum absolute atomic E-state index is 13.4. The average molecular weight is 863 g/mol. The van der Waals surface area contributed by atoms with E-state index in [4.69, 9.17) is 14.5 Å². The normalized spacial score (nSPS) is 17.7. The average Bonchev–Trinajstić information content (AvgIpc) is 3.58. The van der Waals surface area contributed by atoms with E-state index in [9.17, 15) is 9.36 Å². The van der Waals surface area contributed by atoms with Crippen LogP contribution in [0.4, 0.5) is 33.6 Å². The number of aryl methyl sites for hydroxylation is 2. The molecule has 0 atom stereocenters. The van der Waals surface area contributed by atoms with Gasteiger partial charge in [0.25, 0.3) is 0 Å². The van der Waals surface area contributed by atoms with Gasteiger partial charge in [0, 0.05) is 92.9 Å². The van der Waals surface area contributed by atoms with Crippen LogP contribution in [0.1, 0.15) is 57.6 Å². The third-order valence-electron chi connectivity index (χ3n) is 11.8. The molecule has 13 nitrogen and oxygen atoms in total. The number of hydrogen-bond acceptors (Lipinski definition) is 11. The van der Waals surface area contributed by atoms with E-state index < -0.39 is 12.7 Å². The van der Waals surface area contributed by atoms with Crippen molar-refractivity contribution in [3.8, 4) is 16.9 Å². The Morgan fingerprint density at radius 3 is 2.30 bits per heavy atom. The van der Waals surface area contributed by atoms with E-state index >= 15 is 0 Å². The van der Waals surface area contributed by atoms with Gasteiger partial charge in [-0.3, -0.25) is 9.58 Å². The van der Waals surface area contributed by atoms with Crippen LogP contribution >= 0.6 is 23.1 Å². The lowest BCUT2D eigenvalue weighted by atomic mass is 9.60. The molecular weight excluding hydrogens is 805 g/mol. The van der Waals surface area contributed by atoms with Gasteiger partial charge in [-0.1, -0.05) is 6.07 Å². The number of nitrogens with zero attached hydrogens (tertiary/aromatic N) is 7. The molecule has 1 spiro atoms. The first-order valence-electron chi connectivity index (χ1n) is 19.8. The van der Waals surface area contributed by atoms with Crippen LogP contribution in [0.3, 0.4) is 0 Å². The summed E-state index contributed by atoms with van der Waals surface area (Å²) in [7, 11) is 1.01. The van der Waals surface area contributed by atoms with Crippen molar-refractivity contribution < 1.29 is 18.8 Å². The van der Waals surface area contributed by atoms with Crippen molar-refractivity contribution in [2.75, 3.05) is 75.2 Å². The number of methoxy groups -OCH3 is 1. The van der Waals surface area contributed by atoms with Crippen molar-refractivity contribution in [2.45, 2.75) is 71.9 Å². The summed E-state index contributed by atoms with van der Waals surface area (Å²) in [6.45, 7) is 18.7. The number of rotatable bonds is 9. The number of ether oxygens (including phenoxy) is 2. The summed E-state index contributed by atoms with van der Waals surface area (Å²) >= 11 is 3.62. The van der Waals surface area contributed by atoms with Gasteiger partial charge in [-0.15, -0.1) is 0 Å². The fourth-order valence-electron chi connectivity index (χ4n) is 8.67. The standard InChI is InChI=1S/C42H57BrN9O4P/c1-27-10-11-33(37(28(27)2)57(8,9)54)46-38-32(43)25-44-39(48-38)47-34-20-31(29-24-45-49(6)26-29)35(21-36(34)55-7)51-18-16-50(17-19-51)30-22-42(23-30)12-14-52(15-13-42)40(53)56-41(3,4)5/h10-11,20-21,24-26,30H,12-19,22-23H2,1-9H3,(H2,44,46,47,48). The van der Waals surface area contributed by atoms with Gasteiger partial charge in [0.1, 0.15) is 24.3 Å². The van der Waals surface area contributed by atoms with Gasteiger partial charge in [0.15, 0.2) is 0 Å². The number of carbonyl (C=O) groups is 1. The lowest BCUT2D eigenvalue weighted by molar-refractivity contribution is -0.0489. The fraction of sp³-hybridized carbons (Fsp3) is 0.524. The van der Waals surface area contributed by atoms with Gasteiger partial charge in [-0.2, -0.15) is 10.1 Å². The quantitative estimate of drug-likeness (QED) is 0.158. The van der Waals surface area contributed by atoms with E-state index in [1.807, 2.05) is 75.8 Å². The number of piperidine rings is 1. The first kappa shape index (κ1) is 41.0. The molecule has 4 aromatic rings. The molecule has 0 unspecified atom stereocenters. The predicted molar refractivity (Wildman–Crippen MR) is 233 cm³/mol. The van der Waals surface area contributed by atoms with E-state index in [-0.39, 0.29) is 6.09 Å². The summed E-state index contributed by atoms with van der Waals surface area (Å²) in [5.74, 6) is 1.61. The SMILES string of the molecule is COc1cc(N2CCN(C3CC4(CCN(C(=O)OC(C)(C)C)CC4)C3)CC2)c(-c2cnn(C)c2)cc1Nc1ncc(Br)c(Nc2ccc(C)c(C)c2P(C)(C)=O)n1. The number of nitrogens with one attached hydrogen (secondary N) is 2. The van der Waals surface area contributed by atoms with Crippen LogP contribution in [0.15, 0.2) is 47.3 Å². The first-order chi connectivity index (χ1) is 26.9. The molecule has 3 fully saturated rings. The molecule has 3 aliphatic rings. The molecular formula is C42H57BrN9O4P. The highest BCUT2D eigenvalue weighted by Crippen LogP contribution is 2.51. The number of amides is 1. The van der Waals surface area contributed by atoms with Crippen molar-refractivity contribution in [3.05, 3.63) is 58.5 Å². The molecule has 306 valence electrons. The third-order valence-corrected chi connectivity index (χ3v) is 14.0. The van der Waals surface area contributed by atoms with Crippen molar-refractivity contribution in [1.29, 1.82) is 0 Å². The van der Waals surface area contributed by atoms with E-state index in [1.165, 1.54) is 12.8 Å². The molecule has 1 saturated carbocycles. The highest BCUT2D eigenvalue weighted by Gasteiger charge is 2.49. The molecule has 15 heteroatoms. The summed E-state index contributed by atoms with van der Waals surface area (Å²) in [6.07, 6.45) is 9.94. The number of piperazine rings is 1. The summed E-state index contributed by atoms with van der Waals surface area (Å²) in [5, 5.41) is 12.2. The monoisotopic (exact) mass is 861 g/mol. The molecule has 1 aliphatic carbocycles. The summed E-state index contributed by atoms with van der Waals surface area (Å²) in [4.78, 5) is 29.1. The minimum Gasteiger partial charge on any atom is -0.494 e. The van der Waals surface area contributed by atoms with Crippen LogP contribution in [0, 0.1) is 19.3 Å². The highest BCUT2D eigenvalue weighted by atomic mass is 79.9. The zero-order valence-corrected chi connectivity index (χ0v) is 37.3. The van der Waals surface area contributed by atoms with Crippen LogP contribution in [0.25, 0.3) is 11.1 Å². The Balaban J connectivity index is 1.06. The fourth-order valence-corrected chi connectivity index (χ4v) is 10.7. The minimum absolute atomic E-state index is 0.186. The Morgan fingerprint density at radius 2 is 1.68 bits per heavy atom. The molecule has 0 bridgehead atoms. The topological polar surface area (TPSA) is 130 Å². The van der Waals surface area contributed by atoms with Crippen LogP contribution in [-0.2, 0) is 16.3 Å². The second-order valence-corrected chi connectivity index (χ2v) is 21.4. The van der Waals surface area contributed by atoms with Crippen molar-refractivity contribution >= 4 is 63.3 Å². The van der Waals surface area contributed by atoms with Crippen molar-refractivity contribution in [1.82, 2.24) is 29.5 Å². The van der Waals surface area contributed by atoms with Crippen LogP contribution < -0.4 is 25.6 Å². The molecule has 57 heavy (non-hydrogen) atoms. The number of carbonyl (C=O) groups excluding carboxylic acids is 1. The van der Waals surface area contributed by atoms with E-state index in [2.05, 4.69) is 58.6 Å². The van der Waals surface area contributed by atoms with Gasteiger partial charge in [0.2, 0.25) is 5.95 Å². The summed E-state index contributed by atoms with van der Waals surface area (Å²) in [6, 6.07) is 8.78. The number of aromatic nitrogens is 4. The van der Waals surface area contributed by atoms with Gasteiger partial charge < -0.3 is 34.5 Å². The maximum Gasteiger partial charge on any atom is 0.410 e. The number of halogens is 1. The van der Waals surface area contributed by atoms with E-state index in [0.717, 1.165) is 96.7 Å². The molecule has 2 aromatic heterocycles. The molecule has 2 saturated heterocycles. The lowest BCUT2D eigenvalue weighted by Crippen LogP contribution is -2.59. The Hall–Kier alpha value is -4.13. The molecule has 0 radical (unpaired) electrons. The van der Waals surface area contributed by atoms with E-state index in [0.29, 0.717) is 33.4 Å². The van der Waals surface area contributed by atoms with Crippen molar-refractivity contribution in [3.63, 3.8) is 0 Å². The zero-order valence-electron chi connectivity index (χ0n) is 34.8. The predicted octanol–water partition coefficient (Wildman–Crippen LogP) is 8.30. The van der Waals surface area contributed by atoms with Gasteiger partial charge in [0.05, 0.1) is 29.2 Å². The van der Waals surface area contributed by atoms with Gasteiger partial charge >= 0.3 is 6.09 Å². The van der Waals surface area contributed by atoms with E-state index in [1.54, 1.807) is 26.6 Å². The van der Waals surface area contributed by atoms with Gasteiger partial charge in [-0.25, -0.2) is 9.78 Å². The number of anilines is 5. The smallest absolute Gasteiger partial charge is 0.410 e. The second-order valence-electron chi connectivity index (χ2n) is 17.4. The summed E-state index contributed by atoms with van der Waals surface area (Å²) < 4.78 is 27.5. The molecule has 2 N–H and O–H groups in total. The maximum atomic E-state index is 13.4. The van der Waals surface area contributed by atoms with Crippen LogP contribution in [0.5, 0.6) is 5.75 Å². The van der Waals surface area contributed by atoms with Crippen LogP contribution in [-0.4, -0.2) is 107 Å². The number of hydrogen-bond donors (Lipinski definition) is 2. The Morgan fingerprint density at radius 1 is 0.982 bits per heavy atom. The molecule has 7 rings (SSSR count). The van der Waals surface area contributed by atoms with Crippen LogP contribution in [0.2, 0.25) is 0 Å². The Labute approximate surface area is 345 Å². The van der Waals surface area contributed by atoms with Crippen molar-refractivity contribution in [2.24, 2.45) is 12.5 Å². The third kappa shape index (κ3) is 8.98. The molecule has 1 amide bonds. The Bertz CT molecular complexity index is 2170. The second kappa shape index (κ2) is 15.9. The number of benzene rings is 2. The molecule has 2 aliphatic heterocycles. The molecule has 4 heterocycles. The number of likely N-dealkylation sites (tertiary alicyclic amines) is 1. The summed E-state index contributed by atoms with van der Waals surface area (Å²) in [5.41, 5.74) is 6.59. The first-order valence-corrected chi connectivity index (χ1v) is 23.2. The van der Waals surface area contributed by atoms with Gasteiger partial charge in [-0.05, 0) is 118 Å².